The van der Waals surface area contributed by atoms with Gasteiger partial charge in [0, 0.05) is 41.6 Å². The van der Waals surface area contributed by atoms with E-state index in [1.807, 2.05) is 27.7 Å². The number of rotatable bonds is 11. The molecular formula is C55H125N7. The van der Waals surface area contributed by atoms with Crippen molar-refractivity contribution in [1.29, 1.82) is 0 Å². The van der Waals surface area contributed by atoms with E-state index in [9.17, 15) is 0 Å². The minimum Gasteiger partial charge on any atom is -0.330 e. The summed E-state index contributed by atoms with van der Waals surface area (Å²) < 4.78 is 0. The quantitative estimate of drug-likeness (QED) is 0.214. The van der Waals surface area contributed by atoms with Gasteiger partial charge in [0.2, 0.25) is 0 Å². The first-order valence-corrected chi connectivity index (χ1v) is 27.4. The lowest BCUT2D eigenvalue weighted by atomic mass is 9.75. The molecule has 0 spiro atoms. The van der Waals surface area contributed by atoms with E-state index >= 15 is 0 Å². The van der Waals surface area contributed by atoms with E-state index < -0.39 is 0 Å². The van der Waals surface area contributed by atoms with Gasteiger partial charge in [-0.1, -0.05) is 111 Å². The van der Waals surface area contributed by atoms with Crippen LogP contribution in [-0.4, -0.2) is 136 Å². The van der Waals surface area contributed by atoms with E-state index in [0.717, 1.165) is 79.4 Å². The Kier molecular flexibility index (Phi) is 39.9. The highest BCUT2D eigenvalue weighted by Crippen LogP contribution is 2.34. The van der Waals surface area contributed by atoms with Crippen LogP contribution in [0.1, 0.15) is 197 Å². The molecule has 0 aromatic heterocycles. The second-order valence-electron chi connectivity index (χ2n) is 22.0. The van der Waals surface area contributed by atoms with Crippen LogP contribution >= 0.6 is 0 Å². The summed E-state index contributed by atoms with van der Waals surface area (Å²) in [4.78, 5) is 12.6. The molecule has 5 aliphatic rings. The van der Waals surface area contributed by atoms with Gasteiger partial charge in [0.15, 0.2) is 0 Å². The fourth-order valence-corrected chi connectivity index (χ4v) is 10.5. The molecular weight excluding hydrogens is 759 g/mol. The van der Waals surface area contributed by atoms with Crippen molar-refractivity contribution in [1.82, 2.24) is 24.5 Å². The van der Waals surface area contributed by atoms with Crippen molar-refractivity contribution in [3.8, 4) is 0 Å². The predicted molar refractivity (Wildman–Crippen MR) is 287 cm³/mol. The molecule has 0 saturated carbocycles. The largest absolute Gasteiger partial charge is 0.330 e. The predicted octanol–water partition coefficient (Wildman–Crippen LogP) is 12.8. The lowest BCUT2D eigenvalue weighted by Gasteiger charge is -2.38. The van der Waals surface area contributed by atoms with Crippen LogP contribution in [0.3, 0.4) is 0 Å². The Morgan fingerprint density at radius 3 is 1.50 bits per heavy atom. The summed E-state index contributed by atoms with van der Waals surface area (Å²) in [6.07, 6.45) is 17.8. The van der Waals surface area contributed by atoms with Gasteiger partial charge >= 0.3 is 0 Å². The molecule has 380 valence electrons. The third kappa shape index (κ3) is 30.8. The molecule has 5 heterocycles. The zero-order valence-electron chi connectivity index (χ0n) is 46.2. The van der Waals surface area contributed by atoms with Gasteiger partial charge in [-0.2, -0.15) is 0 Å². The molecule has 5 fully saturated rings. The van der Waals surface area contributed by atoms with Crippen molar-refractivity contribution < 1.29 is 2.85 Å². The Balaban J connectivity index is -0.000000344. The molecule has 5 aliphatic heterocycles. The van der Waals surface area contributed by atoms with Crippen LogP contribution in [0.25, 0.3) is 0 Å². The molecule has 0 aromatic rings. The Hall–Kier alpha value is -0.280. The molecule has 7 heteroatoms. The summed E-state index contributed by atoms with van der Waals surface area (Å²) in [7, 11) is 4.44. The molecule has 0 aliphatic carbocycles. The second-order valence-corrected chi connectivity index (χ2v) is 22.0. The van der Waals surface area contributed by atoms with Gasteiger partial charge < -0.3 is 36.0 Å². The third-order valence-corrected chi connectivity index (χ3v) is 14.6. The maximum atomic E-state index is 5.52. The van der Waals surface area contributed by atoms with E-state index in [-0.39, 0.29) is 2.85 Å². The second kappa shape index (κ2) is 38.8. The number of hydrogen-bond acceptors (Lipinski definition) is 7. The van der Waals surface area contributed by atoms with Crippen molar-refractivity contribution in [3.63, 3.8) is 0 Å². The van der Waals surface area contributed by atoms with Gasteiger partial charge in [-0.3, -0.25) is 0 Å². The fraction of sp³-hybridized carbons (Fsp3) is 1.00. The fourth-order valence-electron chi connectivity index (χ4n) is 10.5. The number of hydrogen-bond donors (Lipinski definition) is 2. The maximum absolute atomic E-state index is 5.52. The molecule has 7 nitrogen and oxygen atoms in total. The summed E-state index contributed by atoms with van der Waals surface area (Å²) >= 11 is 0. The van der Waals surface area contributed by atoms with Gasteiger partial charge in [-0.25, -0.2) is 0 Å². The molecule has 0 amide bonds. The van der Waals surface area contributed by atoms with Gasteiger partial charge in [0.05, 0.1) is 0 Å². The number of likely N-dealkylation sites (tertiary alicyclic amines) is 5. The summed E-state index contributed by atoms with van der Waals surface area (Å²) in [5, 5.41) is 0. The first-order chi connectivity index (χ1) is 29.4. The summed E-state index contributed by atoms with van der Waals surface area (Å²) in [6, 6.07) is 0.854. The van der Waals surface area contributed by atoms with Crippen LogP contribution in [0.15, 0.2) is 0 Å². The normalized spacial score (nSPS) is 25.0. The molecule has 0 radical (unpaired) electrons. The summed E-state index contributed by atoms with van der Waals surface area (Å²) in [5.74, 6) is 7.38. The summed E-state index contributed by atoms with van der Waals surface area (Å²) in [6.45, 7) is 53.1. The monoisotopic (exact) mass is 884 g/mol. The van der Waals surface area contributed by atoms with Crippen molar-refractivity contribution in [2.75, 3.05) is 106 Å². The Labute approximate surface area is 396 Å². The average molecular weight is 885 g/mol. The molecule has 0 aromatic carbocycles. The van der Waals surface area contributed by atoms with Gasteiger partial charge in [-0.15, -0.1) is 0 Å². The maximum Gasteiger partial charge on any atom is 0.0105 e. The van der Waals surface area contributed by atoms with Crippen LogP contribution in [0.4, 0.5) is 0 Å². The van der Waals surface area contributed by atoms with E-state index in [1.54, 1.807) is 0 Å². The molecule has 62 heavy (non-hydrogen) atoms. The molecule has 4 N–H and O–H groups in total. The van der Waals surface area contributed by atoms with Crippen molar-refractivity contribution in [2.45, 2.75) is 200 Å². The lowest BCUT2D eigenvalue weighted by molar-refractivity contribution is 0.112. The standard InChI is InChI=1S/C12H26N2.2C11H23N.C10H22N2.C7H15N.2C2H6.2H2/c1-12(2,3)11-5-9-14(10-6-11)8-4-7-13;1-9(2)7-11-5-6-12(4)8-10(11)3;1-4-11(5-2)12-8-6-7-10(3)9-12;1-9(2)10-3-6-12(7-4-10)8-5-11;1-7-4-3-5-8(2)6-7;2*1-2;;/h11H,4-10,13H2,1-3H3;9-11H,5-8H2,1-4H3;10-11H,4-9H2,1-3H3;9-10H,3-8,11H2,1-2H3;7H,3-6H2,1-2H3;2*1-2H3;2*1H/t;10-,11+;10-;;7-;;;;/m.10.0..../s1. The van der Waals surface area contributed by atoms with Gasteiger partial charge in [0.1, 0.15) is 0 Å². The van der Waals surface area contributed by atoms with Crippen molar-refractivity contribution in [3.05, 3.63) is 0 Å². The Morgan fingerprint density at radius 1 is 0.597 bits per heavy atom. The average Bonchev–Trinajstić information content (AvgIpc) is 3.24. The Bertz CT molecular complexity index is 937. The zero-order chi connectivity index (χ0) is 47.7. The highest BCUT2D eigenvalue weighted by molar-refractivity contribution is 4.81. The van der Waals surface area contributed by atoms with Gasteiger partial charge in [0.25, 0.3) is 0 Å². The van der Waals surface area contributed by atoms with E-state index in [1.165, 1.54) is 149 Å². The minimum absolute atomic E-state index is 0. The van der Waals surface area contributed by atoms with E-state index in [4.69, 9.17) is 11.5 Å². The van der Waals surface area contributed by atoms with Crippen LogP contribution in [0.2, 0.25) is 0 Å². The smallest absolute Gasteiger partial charge is 0.0105 e. The Morgan fingerprint density at radius 2 is 1.10 bits per heavy atom. The van der Waals surface area contributed by atoms with Crippen LogP contribution in [-0.2, 0) is 0 Å². The highest BCUT2D eigenvalue weighted by Gasteiger charge is 2.28. The number of nitrogens with zero attached hydrogens (tertiary/aromatic N) is 5. The lowest BCUT2D eigenvalue weighted by Crippen LogP contribution is -2.41. The molecule has 0 bridgehead atoms. The van der Waals surface area contributed by atoms with E-state index in [0.29, 0.717) is 5.41 Å². The van der Waals surface area contributed by atoms with E-state index in [2.05, 4.69) is 122 Å². The first-order valence-electron chi connectivity index (χ1n) is 27.4. The molecule has 5 rings (SSSR count). The SMILES string of the molecule is CC.CC.CC(C)(C)C1CCN(CCCN)CC1.CC(C)C1CCN(CCN)CC1.CC(C)C[C@@H]1CCN(C)C[C@H]1C.CCC(CC)N1CCC[C@H](C)C1.C[C@H]1CCCN(C)C1.[HH].[HH]. The van der Waals surface area contributed by atoms with Crippen molar-refractivity contribution >= 4 is 0 Å². The third-order valence-electron chi connectivity index (χ3n) is 14.6. The molecule has 4 atom stereocenters. The summed E-state index contributed by atoms with van der Waals surface area (Å²) in [5.41, 5.74) is 11.5. The van der Waals surface area contributed by atoms with Gasteiger partial charge in [-0.05, 0) is 209 Å². The number of nitrogens with two attached hydrogens (primary N) is 2. The molecule has 0 unspecified atom stereocenters. The zero-order valence-corrected chi connectivity index (χ0v) is 46.2. The minimum atomic E-state index is 0. The van der Waals surface area contributed by atoms with Crippen LogP contribution in [0, 0.1) is 52.8 Å². The van der Waals surface area contributed by atoms with Crippen molar-refractivity contribution in [2.24, 2.45) is 64.2 Å². The molecule has 5 saturated heterocycles. The highest BCUT2D eigenvalue weighted by atomic mass is 15.2. The van der Waals surface area contributed by atoms with Crippen LogP contribution < -0.4 is 11.5 Å². The number of piperidine rings is 5. The van der Waals surface area contributed by atoms with Crippen LogP contribution in [0.5, 0.6) is 0 Å². The first kappa shape index (κ1) is 63.8. The topological polar surface area (TPSA) is 68.2 Å².